The summed E-state index contributed by atoms with van der Waals surface area (Å²) >= 11 is 1.07. The van der Waals surface area contributed by atoms with Crippen molar-refractivity contribution in [1.82, 2.24) is 10.3 Å². The number of sulfone groups is 1. The summed E-state index contributed by atoms with van der Waals surface area (Å²) in [7, 11) is -7.67. The Labute approximate surface area is 183 Å². The molecule has 3 aromatic rings. The average molecular weight is 479 g/mol. The van der Waals surface area contributed by atoms with E-state index in [1.807, 2.05) is 24.3 Å². The van der Waals surface area contributed by atoms with Crippen molar-refractivity contribution in [3.63, 3.8) is 0 Å². The number of thiazole rings is 1. The first kappa shape index (κ1) is 22.8. The fourth-order valence-electron chi connectivity index (χ4n) is 2.86. The lowest BCUT2D eigenvalue weighted by Gasteiger charge is -2.12. The molecule has 0 bridgehead atoms. The summed E-state index contributed by atoms with van der Waals surface area (Å²) in [5.41, 5.74) is 2.79. The van der Waals surface area contributed by atoms with Crippen LogP contribution < -0.4 is 10.5 Å². The van der Waals surface area contributed by atoms with Crippen molar-refractivity contribution in [2.75, 3.05) is 18.6 Å². The normalized spacial score (nSPS) is 12.9. The Morgan fingerprint density at radius 2 is 1.81 bits per heavy atom. The molecule has 0 saturated carbocycles. The van der Waals surface area contributed by atoms with Crippen LogP contribution in [0.3, 0.4) is 0 Å². The molecule has 0 aliphatic heterocycles. The van der Waals surface area contributed by atoms with Gasteiger partial charge in [0, 0.05) is 12.8 Å². The van der Waals surface area contributed by atoms with Crippen molar-refractivity contribution in [3.8, 4) is 11.1 Å². The second-order valence-corrected chi connectivity index (χ2v) is 11.7. The van der Waals surface area contributed by atoms with Gasteiger partial charge in [-0.2, -0.15) is 0 Å². The minimum absolute atomic E-state index is 0.0890. The van der Waals surface area contributed by atoms with E-state index in [0.717, 1.165) is 28.7 Å². The maximum absolute atomic E-state index is 12.5. The quantitative estimate of drug-likeness (QED) is 0.498. The van der Waals surface area contributed by atoms with E-state index >= 15 is 0 Å². The number of primary sulfonamides is 1. The third-order valence-corrected chi connectivity index (χ3v) is 7.61. The Balaban J connectivity index is 1.93. The van der Waals surface area contributed by atoms with Gasteiger partial charge in [-0.3, -0.25) is 4.79 Å². The predicted molar refractivity (Wildman–Crippen MR) is 120 cm³/mol. The van der Waals surface area contributed by atoms with Crippen molar-refractivity contribution in [2.24, 2.45) is 5.14 Å². The number of benzene rings is 2. The fraction of sp³-hybridized carbons (Fsp3) is 0.211. The lowest BCUT2D eigenvalue weighted by Crippen LogP contribution is -2.37. The predicted octanol–water partition coefficient (Wildman–Crippen LogP) is 2.00. The maximum Gasteiger partial charge on any atom is 0.245 e. The van der Waals surface area contributed by atoms with Gasteiger partial charge in [0.1, 0.15) is 5.01 Å². The second-order valence-electron chi connectivity index (χ2n) is 6.76. The highest BCUT2D eigenvalue weighted by Gasteiger charge is 2.33. The van der Waals surface area contributed by atoms with E-state index in [9.17, 15) is 21.6 Å². The number of nitrogens with zero attached hydrogens (tertiary/aromatic N) is 2. The Morgan fingerprint density at radius 3 is 2.39 bits per heavy atom. The van der Waals surface area contributed by atoms with Gasteiger partial charge >= 0.3 is 0 Å². The van der Waals surface area contributed by atoms with E-state index in [-0.39, 0.29) is 11.6 Å². The molecule has 12 heteroatoms. The van der Waals surface area contributed by atoms with Crippen LogP contribution >= 0.6 is 11.3 Å². The molecule has 9 nitrogen and oxygen atoms in total. The number of sulfonamides is 1. The van der Waals surface area contributed by atoms with Gasteiger partial charge in [0.15, 0.2) is 20.8 Å². The van der Waals surface area contributed by atoms with E-state index in [1.54, 1.807) is 18.2 Å². The minimum atomic E-state index is -3.87. The van der Waals surface area contributed by atoms with Crippen LogP contribution in [0.5, 0.6) is 0 Å². The molecule has 1 aromatic heterocycles. The smallest absolute Gasteiger partial charge is 0.245 e. The zero-order valence-corrected chi connectivity index (χ0v) is 18.7. The molecule has 1 atom stereocenters. The summed E-state index contributed by atoms with van der Waals surface area (Å²) in [6, 6.07) is 12.4. The first-order chi connectivity index (χ1) is 14.5. The summed E-state index contributed by atoms with van der Waals surface area (Å²) in [5, 5.41) is 5.73. The molecule has 0 aliphatic rings. The van der Waals surface area contributed by atoms with Crippen LogP contribution in [-0.2, 0) is 24.7 Å². The highest BCUT2D eigenvalue weighted by atomic mass is 32.2. The first-order valence-electron chi connectivity index (χ1n) is 8.83. The Hall–Kier alpha value is -2.85. The van der Waals surface area contributed by atoms with Gasteiger partial charge in [0.2, 0.25) is 15.9 Å². The highest BCUT2D eigenvalue weighted by Crippen LogP contribution is 2.33. The molecule has 3 N–H and O–H groups in total. The molecule has 1 heterocycles. The molecule has 2 aromatic carbocycles. The number of hydrogen-bond donors (Lipinski definition) is 2. The summed E-state index contributed by atoms with van der Waals surface area (Å²) < 4.78 is 47.4. The largest absolute Gasteiger partial charge is 0.354 e. The number of hydrogen-bond acceptors (Lipinski definition) is 7. The van der Waals surface area contributed by atoms with Crippen LogP contribution in [0.4, 0.5) is 5.69 Å². The fourth-order valence-corrected chi connectivity index (χ4v) is 5.80. The lowest BCUT2D eigenvalue weighted by molar-refractivity contribution is -0.120. The number of aromatic nitrogens is 1. The number of amides is 1. The summed E-state index contributed by atoms with van der Waals surface area (Å²) in [4.78, 5) is 20.2. The highest BCUT2D eigenvalue weighted by molar-refractivity contribution is 7.91. The molecule has 1 amide bonds. The van der Waals surface area contributed by atoms with Gasteiger partial charge in [-0.15, -0.1) is 11.3 Å². The Morgan fingerprint density at radius 1 is 1.16 bits per heavy atom. The van der Waals surface area contributed by atoms with Crippen LogP contribution in [0.25, 0.3) is 26.2 Å². The number of rotatable bonds is 7. The van der Waals surface area contributed by atoms with Gasteiger partial charge in [-0.1, -0.05) is 30.3 Å². The van der Waals surface area contributed by atoms with Gasteiger partial charge < -0.3 is 5.32 Å². The molecular formula is C19H18N4O5S3. The number of carbonyl (C=O) groups excluding carboxylic acids is 1. The third-order valence-electron chi connectivity index (χ3n) is 4.31. The van der Waals surface area contributed by atoms with Gasteiger partial charge in [0.05, 0.1) is 22.5 Å². The number of carbonyl (C=O) groups is 1. The summed E-state index contributed by atoms with van der Waals surface area (Å²) in [6.07, 6.45) is 0.924. The number of nitrogens with two attached hydrogens (primary N) is 1. The SMILES string of the molecule is [C-]#[N+]c1ccc(-c2ccc3nc(C(C(=O)NCCS(N)(=O)=O)S(C)(=O)=O)sc3c2)cc1. The van der Waals surface area contributed by atoms with E-state index in [0.29, 0.717) is 15.9 Å². The minimum Gasteiger partial charge on any atom is -0.354 e. The van der Waals surface area contributed by atoms with Crippen molar-refractivity contribution >= 4 is 53.0 Å². The molecule has 0 aliphatic carbocycles. The van der Waals surface area contributed by atoms with E-state index in [2.05, 4.69) is 15.1 Å². The van der Waals surface area contributed by atoms with Crippen molar-refractivity contribution < 1.29 is 21.6 Å². The monoisotopic (exact) mass is 478 g/mol. The van der Waals surface area contributed by atoms with Gasteiger partial charge in [-0.05, 0) is 23.3 Å². The van der Waals surface area contributed by atoms with Crippen molar-refractivity contribution in [1.29, 1.82) is 0 Å². The third kappa shape index (κ3) is 5.65. The molecule has 0 saturated heterocycles. The molecule has 3 rings (SSSR count). The molecular weight excluding hydrogens is 460 g/mol. The molecule has 0 radical (unpaired) electrons. The average Bonchev–Trinajstić information content (AvgIpc) is 3.08. The van der Waals surface area contributed by atoms with Crippen LogP contribution in [0.15, 0.2) is 42.5 Å². The van der Waals surface area contributed by atoms with E-state index in [4.69, 9.17) is 11.7 Å². The van der Waals surface area contributed by atoms with E-state index < -0.39 is 36.8 Å². The van der Waals surface area contributed by atoms with Crippen LogP contribution in [-0.4, -0.2) is 46.3 Å². The zero-order chi connectivity index (χ0) is 22.8. The summed E-state index contributed by atoms with van der Waals surface area (Å²) in [6.45, 7) is 6.72. The second kappa shape index (κ2) is 8.72. The van der Waals surface area contributed by atoms with Crippen LogP contribution in [0.2, 0.25) is 0 Å². The van der Waals surface area contributed by atoms with Crippen molar-refractivity contribution in [3.05, 3.63) is 58.9 Å². The standard InChI is InChI=1S/C19H18N4O5S3/c1-21-14-6-3-12(4-7-14)13-5-8-15-16(11-13)29-19(23-15)17(30(2,25)26)18(24)22-9-10-31(20,27)28/h3-8,11,17H,9-10H2,2H3,(H,22,24)(H2,20,27,28). The maximum atomic E-state index is 12.5. The number of fused-ring (bicyclic) bond motifs is 1. The Bertz CT molecular complexity index is 1390. The van der Waals surface area contributed by atoms with E-state index in [1.165, 1.54) is 0 Å². The van der Waals surface area contributed by atoms with Gasteiger partial charge in [0.25, 0.3) is 0 Å². The molecule has 0 spiro atoms. The van der Waals surface area contributed by atoms with Gasteiger partial charge in [-0.25, -0.2) is 31.8 Å². The molecule has 162 valence electrons. The topological polar surface area (TPSA) is 141 Å². The zero-order valence-electron chi connectivity index (χ0n) is 16.3. The van der Waals surface area contributed by atoms with Crippen LogP contribution in [0.1, 0.15) is 10.3 Å². The number of nitrogens with one attached hydrogen (secondary N) is 1. The lowest BCUT2D eigenvalue weighted by atomic mass is 10.1. The van der Waals surface area contributed by atoms with Crippen LogP contribution in [0, 0.1) is 6.57 Å². The molecule has 1 unspecified atom stereocenters. The first-order valence-corrected chi connectivity index (χ1v) is 13.3. The molecule has 31 heavy (non-hydrogen) atoms. The summed E-state index contributed by atoms with van der Waals surface area (Å²) in [5.74, 6) is -1.37. The van der Waals surface area contributed by atoms with Crippen molar-refractivity contribution in [2.45, 2.75) is 5.25 Å². The molecule has 0 fully saturated rings. The Kier molecular flexibility index (Phi) is 6.42.